The summed E-state index contributed by atoms with van der Waals surface area (Å²) in [7, 11) is -3.99. The normalized spacial score (nSPS) is 11.4. The van der Waals surface area contributed by atoms with Gasteiger partial charge in [0.2, 0.25) is 0 Å². The van der Waals surface area contributed by atoms with Crippen molar-refractivity contribution in [3.63, 3.8) is 0 Å². The first-order valence-electron chi connectivity index (χ1n) is 6.01. The number of hydrogen-bond donors (Lipinski definition) is 2. The van der Waals surface area contributed by atoms with E-state index in [-0.39, 0.29) is 16.1 Å². The molecule has 7 heteroatoms. The summed E-state index contributed by atoms with van der Waals surface area (Å²) in [4.78, 5) is -0.213. The minimum atomic E-state index is -3.99. The summed E-state index contributed by atoms with van der Waals surface area (Å²) in [5.74, 6) is -1.26. The van der Waals surface area contributed by atoms with Gasteiger partial charge in [0.15, 0.2) is 0 Å². The van der Waals surface area contributed by atoms with E-state index >= 15 is 0 Å². The van der Waals surface area contributed by atoms with Crippen LogP contribution in [0.15, 0.2) is 41.3 Å². The molecule has 0 spiro atoms. The molecule has 0 heterocycles. The van der Waals surface area contributed by atoms with E-state index in [1.807, 2.05) is 0 Å². The third-order valence-corrected chi connectivity index (χ3v) is 4.17. The van der Waals surface area contributed by atoms with E-state index in [0.29, 0.717) is 5.56 Å². The highest BCUT2D eigenvalue weighted by atomic mass is 32.2. The van der Waals surface area contributed by atoms with E-state index in [1.54, 1.807) is 6.92 Å². The van der Waals surface area contributed by atoms with Crippen molar-refractivity contribution in [1.82, 2.24) is 0 Å². The van der Waals surface area contributed by atoms with Crippen LogP contribution < -0.4 is 4.72 Å². The molecule has 0 unspecified atom stereocenters. The lowest BCUT2D eigenvalue weighted by molar-refractivity contribution is 0.275. The maximum Gasteiger partial charge on any atom is 0.261 e. The molecule has 0 saturated carbocycles. The summed E-state index contributed by atoms with van der Waals surface area (Å²) in [5.41, 5.74) is 0.499. The smallest absolute Gasteiger partial charge is 0.261 e. The van der Waals surface area contributed by atoms with Crippen molar-refractivity contribution in [2.45, 2.75) is 18.4 Å². The third kappa shape index (κ3) is 3.56. The fourth-order valence-corrected chi connectivity index (χ4v) is 2.94. The van der Waals surface area contributed by atoms with Crippen LogP contribution in [0.2, 0.25) is 0 Å². The van der Waals surface area contributed by atoms with E-state index in [0.717, 1.165) is 24.3 Å². The second-order valence-corrected chi connectivity index (χ2v) is 6.22. The minimum Gasteiger partial charge on any atom is -0.392 e. The maximum absolute atomic E-state index is 13.3. The van der Waals surface area contributed by atoms with Gasteiger partial charge in [0.05, 0.1) is 17.2 Å². The molecule has 0 saturated heterocycles. The van der Waals surface area contributed by atoms with Crippen LogP contribution in [-0.2, 0) is 16.6 Å². The Hall–Kier alpha value is -1.99. The molecule has 112 valence electrons. The maximum atomic E-state index is 13.3. The molecular weight excluding hydrogens is 300 g/mol. The summed E-state index contributed by atoms with van der Waals surface area (Å²) >= 11 is 0. The first kappa shape index (κ1) is 15.4. The van der Waals surface area contributed by atoms with E-state index in [1.165, 1.54) is 12.1 Å². The van der Waals surface area contributed by atoms with Crippen LogP contribution in [0.3, 0.4) is 0 Å². The molecule has 0 fully saturated rings. The minimum absolute atomic E-state index is 0.0716. The number of rotatable bonds is 4. The number of benzene rings is 2. The molecule has 0 aliphatic rings. The molecule has 0 radical (unpaired) electrons. The molecule has 2 N–H and O–H groups in total. The topological polar surface area (TPSA) is 66.4 Å². The van der Waals surface area contributed by atoms with Gasteiger partial charge in [0.1, 0.15) is 11.6 Å². The highest BCUT2D eigenvalue weighted by Crippen LogP contribution is 2.20. The summed E-state index contributed by atoms with van der Waals surface area (Å²) in [6.07, 6.45) is 0. The van der Waals surface area contributed by atoms with Crippen molar-refractivity contribution in [2.24, 2.45) is 0 Å². The highest BCUT2D eigenvalue weighted by Gasteiger charge is 2.16. The van der Waals surface area contributed by atoms with Crippen LogP contribution in [0.25, 0.3) is 0 Å². The van der Waals surface area contributed by atoms with Crippen LogP contribution in [0.1, 0.15) is 11.1 Å². The Bertz CT molecular complexity index is 756. The molecule has 2 aromatic rings. The van der Waals surface area contributed by atoms with Crippen molar-refractivity contribution < 1.29 is 22.3 Å². The Kier molecular flexibility index (Phi) is 4.24. The van der Waals surface area contributed by atoms with Crippen LogP contribution >= 0.6 is 0 Å². The number of sulfonamides is 1. The van der Waals surface area contributed by atoms with Gasteiger partial charge in [-0.3, -0.25) is 4.72 Å². The molecule has 0 aliphatic carbocycles. The van der Waals surface area contributed by atoms with Crippen LogP contribution in [-0.4, -0.2) is 13.5 Å². The van der Waals surface area contributed by atoms with Gasteiger partial charge in [-0.1, -0.05) is 0 Å². The molecule has 21 heavy (non-hydrogen) atoms. The Morgan fingerprint density at radius 1 is 1.14 bits per heavy atom. The lowest BCUT2D eigenvalue weighted by atomic mass is 10.2. The molecule has 2 aromatic carbocycles. The first-order chi connectivity index (χ1) is 9.81. The SMILES string of the molecule is Cc1cc(F)cc(NS(=O)(=O)c2ccc(F)c(CO)c2)c1. The number of aliphatic hydroxyl groups excluding tert-OH is 1. The summed E-state index contributed by atoms with van der Waals surface area (Å²) in [6.45, 7) is 1.01. The summed E-state index contributed by atoms with van der Waals surface area (Å²) in [5, 5.41) is 8.97. The van der Waals surface area contributed by atoms with E-state index in [2.05, 4.69) is 4.72 Å². The second-order valence-electron chi connectivity index (χ2n) is 4.53. The quantitative estimate of drug-likeness (QED) is 0.911. The molecule has 2 rings (SSSR count). The number of aliphatic hydroxyl groups is 1. The highest BCUT2D eigenvalue weighted by molar-refractivity contribution is 7.92. The number of nitrogens with one attached hydrogen (secondary N) is 1. The molecule has 4 nitrogen and oxygen atoms in total. The first-order valence-corrected chi connectivity index (χ1v) is 7.49. The monoisotopic (exact) mass is 313 g/mol. The molecule has 0 atom stereocenters. The zero-order chi connectivity index (χ0) is 15.6. The average molecular weight is 313 g/mol. The Labute approximate surface area is 121 Å². The Morgan fingerprint density at radius 3 is 2.48 bits per heavy atom. The predicted octanol–water partition coefficient (Wildman–Crippen LogP) is 2.57. The second kappa shape index (κ2) is 5.79. The molecular formula is C14H13F2NO3S. The fourth-order valence-electron chi connectivity index (χ4n) is 1.85. The summed E-state index contributed by atoms with van der Waals surface area (Å²) < 4.78 is 53.1. The fraction of sp³-hybridized carbons (Fsp3) is 0.143. The van der Waals surface area contributed by atoms with Gasteiger partial charge in [-0.25, -0.2) is 17.2 Å². The van der Waals surface area contributed by atoms with Crippen molar-refractivity contribution in [3.05, 3.63) is 59.2 Å². The van der Waals surface area contributed by atoms with Crippen LogP contribution in [0.4, 0.5) is 14.5 Å². The third-order valence-electron chi connectivity index (χ3n) is 2.79. The molecule has 0 aliphatic heterocycles. The standard InChI is InChI=1S/C14H13F2NO3S/c1-9-4-11(15)7-12(5-9)17-21(19,20)13-2-3-14(16)10(6-13)8-18/h2-7,17-18H,8H2,1H3. The van der Waals surface area contributed by atoms with Gasteiger partial charge < -0.3 is 5.11 Å². The largest absolute Gasteiger partial charge is 0.392 e. The average Bonchev–Trinajstić information content (AvgIpc) is 2.37. The molecule has 0 amide bonds. The van der Waals surface area contributed by atoms with Crippen molar-refractivity contribution in [1.29, 1.82) is 0 Å². The predicted molar refractivity (Wildman–Crippen MR) is 74.3 cm³/mol. The number of halogens is 2. The lowest BCUT2D eigenvalue weighted by Crippen LogP contribution is -2.14. The van der Waals surface area contributed by atoms with Gasteiger partial charge in [-0.05, 0) is 48.9 Å². The number of anilines is 1. The van der Waals surface area contributed by atoms with Gasteiger partial charge >= 0.3 is 0 Å². The Morgan fingerprint density at radius 2 is 1.86 bits per heavy atom. The zero-order valence-corrected chi connectivity index (χ0v) is 11.9. The van der Waals surface area contributed by atoms with Gasteiger partial charge in [0.25, 0.3) is 10.0 Å². The lowest BCUT2D eigenvalue weighted by Gasteiger charge is -2.10. The Balaban J connectivity index is 2.38. The zero-order valence-electron chi connectivity index (χ0n) is 11.1. The van der Waals surface area contributed by atoms with E-state index in [9.17, 15) is 17.2 Å². The van der Waals surface area contributed by atoms with Crippen molar-refractivity contribution in [2.75, 3.05) is 4.72 Å². The van der Waals surface area contributed by atoms with Gasteiger partial charge in [-0.15, -0.1) is 0 Å². The van der Waals surface area contributed by atoms with Crippen molar-refractivity contribution >= 4 is 15.7 Å². The van der Waals surface area contributed by atoms with Gasteiger partial charge in [0, 0.05) is 5.56 Å². The molecule has 0 bridgehead atoms. The van der Waals surface area contributed by atoms with E-state index < -0.39 is 28.3 Å². The van der Waals surface area contributed by atoms with Gasteiger partial charge in [-0.2, -0.15) is 0 Å². The van der Waals surface area contributed by atoms with E-state index in [4.69, 9.17) is 5.11 Å². The summed E-state index contributed by atoms with van der Waals surface area (Å²) in [6, 6.07) is 6.83. The number of aryl methyl sites for hydroxylation is 1. The van der Waals surface area contributed by atoms with Crippen LogP contribution in [0.5, 0.6) is 0 Å². The molecule has 0 aromatic heterocycles. The van der Waals surface area contributed by atoms with Crippen LogP contribution in [0, 0.1) is 18.6 Å². The van der Waals surface area contributed by atoms with Crippen molar-refractivity contribution in [3.8, 4) is 0 Å². The number of hydrogen-bond acceptors (Lipinski definition) is 3.